The summed E-state index contributed by atoms with van der Waals surface area (Å²) in [7, 11) is 1.71. The van der Waals surface area contributed by atoms with E-state index in [1.54, 1.807) is 13.3 Å². The number of ether oxygens (including phenoxy) is 2. The van der Waals surface area contributed by atoms with Gasteiger partial charge in [-0.1, -0.05) is 30.3 Å². The lowest BCUT2D eigenvalue weighted by atomic mass is 9.94. The summed E-state index contributed by atoms with van der Waals surface area (Å²) in [5, 5.41) is 7.62. The third-order valence-electron chi connectivity index (χ3n) is 8.77. The molecule has 8 heteroatoms. The first kappa shape index (κ1) is 26.8. The smallest absolute Gasteiger partial charge is 0.234 e. The van der Waals surface area contributed by atoms with E-state index in [1.165, 1.54) is 29.5 Å². The van der Waals surface area contributed by atoms with Gasteiger partial charge in [0.05, 0.1) is 26.8 Å². The topological polar surface area (TPSA) is 71.9 Å². The molecule has 1 N–H and O–H groups in total. The zero-order valence-corrected chi connectivity index (χ0v) is 23.5. The molecule has 2 aromatic carbocycles. The van der Waals surface area contributed by atoms with Gasteiger partial charge in [0.25, 0.3) is 0 Å². The Morgan fingerprint density at radius 3 is 2.70 bits per heavy atom. The molecule has 3 aliphatic rings. The molecule has 40 heavy (non-hydrogen) atoms. The minimum atomic E-state index is 0.123. The lowest BCUT2D eigenvalue weighted by molar-refractivity contribution is -0.122. The second-order valence-electron chi connectivity index (χ2n) is 11.5. The maximum absolute atomic E-state index is 13.2. The molecule has 8 nitrogen and oxygen atoms in total. The Morgan fingerprint density at radius 1 is 1.05 bits per heavy atom. The minimum Gasteiger partial charge on any atom is -0.493 e. The molecule has 6 rings (SSSR count). The monoisotopic (exact) mass is 543 g/mol. The number of carbonyl (C=O) groups is 1. The van der Waals surface area contributed by atoms with Gasteiger partial charge in [0.1, 0.15) is 0 Å². The fraction of sp³-hybridized carbons (Fsp3) is 0.500. The van der Waals surface area contributed by atoms with Gasteiger partial charge in [0.15, 0.2) is 11.5 Å². The second kappa shape index (κ2) is 12.4. The van der Waals surface area contributed by atoms with Gasteiger partial charge in [-0.25, -0.2) is 0 Å². The Balaban J connectivity index is 1.15. The highest BCUT2D eigenvalue weighted by Crippen LogP contribution is 2.46. The highest BCUT2D eigenvalue weighted by atomic mass is 16.5. The predicted molar refractivity (Wildman–Crippen MR) is 154 cm³/mol. The average Bonchev–Trinajstić information content (AvgIpc) is 3.72. The Hall–Kier alpha value is -3.36. The number of benzene rings is 2. The van der Waals surface area contributed by atoms with Crippen LogP contribution in [0.1, 0.15) is 54.8 Å². The zero-order chi connectivity index (χ0) is 27.3. The number of methoxy groups -OCH3 is 1. The van der Waals surface area contributed by atoms with E-state index < -0.39 is 0 Å². The van der Waals surface area contributed by atoms with Crippen molar-refractivity contribution in [1.82, 2.24) is 24.9 Å². The number of nitrogens with one attached hydrogen (secondary N) is 1. The van der Waals surface area contributed by atoms with E-state index in [0.29, 0.717) is 31.2 Å². The number of hydrogen-bond donors (Lipinski definition) is 1. The molecular formula is C32H41N5O3. The molecule has 0 unspecified atom stereocenters. The van der Waals surface area contributed by atoms with Crippen molar-refractivity contribution in [2.24, 2.45) is 5.92 Å². The largest absolute Gasteiger partial charge is 0.493 e. The average molecular weight is 544 g/mol. The molecule has 0 spiro atoms. The van der Waals surface area contributed by atoms with Crippen LogP contribution in [0, 0.1) is 5.92 Å². The van der Waals surface area contributed by atoms with Crippen molar-refractivity contribution in [2.45, 2.75) is 57.3 Å². The molecule has 2 saturated heterocycles. The Bertz CT molecular complexity index is 1260. The van der Waals surface area contributed by atoms with Crippen LogP contribution in [0.2, 0.25) is 0 Å². The molecule has 0 aliphatic carbocycles. The van der Waals surface area contributed by atoms with Gasteiger partial charge >= 0.3 is 0 Å². The van der Waals surface area contributed by atoms with Crippen LogP contribution in [-0.4, -0.2) is 71.4 Å². The number of fused-ring (bicyclic) bond motifs is 8. The van der Waals surface area contributed by atoms with Crippen LogP contribution in [-0.2, 0) is 17.9 Å². The third kappa shape index (κ3) is 6.18. The van der Waals surface area contributed by atoms with Crippen LogP contribution < -0.4 is 14.8 Å². The van der Waals surface area contributed by atoms with Crippen LogP contribution in [0.4, 0.5) is 0 Å². The first-order chi connectivity index (χ1) is 19.7. The molecule has 0 saturated carbocycles. The molecule has 1 amide bonds. The fourth-order valence-electron chi connectivity index (χ4n) is 6.77. The van der Waals surface area contributed by atoms with E-state index in [1.807, 2.05) is 16.9 Å². The molecule has 4 heterocycles. The summed E-state index contributed by atoms with van der Waals surface area (Å²) >= 11 is 0. The fourth-order valence-corrected chi connectivity index (χ4v) is 6.77. The summed E-state index contributed by atoms with van der Waals surface area (Å²) < 4.78 is 13.8. The van der Waals surface area contributed by atoms with Crippen LogP contribution in [0.5, 0.6) is 11.5 Å². The van der Waals surface area contributed by atoms with Crippen LogP contribution >= 0.6 is 0 Å². The van der Waals surface area contributed by atoms with Crippen molar-refractivity contribution >= 4 is 5.91 Å². The number of carbonyl (C=O) groups excluding carboxylic acids is 1. The summed E-state index contributed by atoms with van der Waals surface area (Å²) in [4.78, 5) is 18.1. The van der Waals surface area contributed by atoms with Gasteiger partial charge in [-0.2, -0.15) is 5.10 Å². The highest BCUT2D eigenvalue weighted by Gasteiger charge is 2.44. The molecule has 1 aromatic heterocycles. The van der Waals surface area contributed by atoms with E-state index in [2.05, 4.69) is 62.7 Å². The second-order valence-corrected chi connectivity index (χ2v) is 11.5. The van der Waals surface area contributed by atoms with Crippen molar-refractivity contribution in [3.8, 4) is 11.5 Å². The Morgan fingerprint density at radius 2 is 1.90 bits per heavy atom. The molecular weight excluding hydrogens is 502 g/mol. The molecule has 2 fully saturated rings. The van der Waals surface area contributed by atoms with Gasteiger partial charge in [0.2, 0.25) is 5.91 Å². The van der Waals surface area contributed by atoms with Gasteiger partial charge in [-0.05, 0) is 86.0 Å². The standard InChI is InChI=1S/C32H41N5O3/c1-39-30-12-11-26-19-31(30)40-17-3-2-14-35(21-24-7-9-25(10-8-24)22-36-15-5-13-34-36)23-32(38)33-20-27-18-29(26)37-16-4-6-28(27)37/h5,7-13,15,19,27-29H,2-4,6,14,16-18,20-23H2,1H3,(H,33,38)/t27-,28+,29-/m1/s1. The van der Waals surface area contributed by atoms with Crippen molar-refractivity contribution < 1.29 is 14.3 Å². The van der Waals surface area contributed by atoms with Crippen molar-refractivity contribution in [3.63, 3.8) is 0 Å². The normalized spacial score (nSPS) is 24.3. The lowest BCUT2D eigenvalue weighted by Crippen LogP contribution is -2.41. The van der Waals surface area contributed by atoms with E-state index in [-0.39, 0.29) is 5.91 Å². The minimum absolute atomic E-state index is 0.123. The van der Waals surface area contributed by atoms with Gasteiger partial charge < -0.3 is 14.8 Å². The van der Waals surface area contributed by atoms with Crippen molar-refractivity contribution in [1.29, 1.82) is 0 Å². The van der Waals surface area contributed by atoms with Gasteiger partial charge in [0, 0.05) is 37.6 Å². The maximum atomic E-state index is 13.2. The number of aromatic nitrogens is 2. The number of hydrogen-bond acceptors (Lipinski definition) is 6. The van der Waals surface area contributed by atoms with Crippen molar-refractivity contribution in [2.75, 3.05) is 39.9 Å². The molecule has 212 valence electrons. The first-order valence-corrected chi connectivity index (χ1v) is 14.8. The highest BCUT2D eigenvalue weighted by molar-refractivity contribution is 5.78. The summed E-state index contributed by atoms with van der Waals surface area (Å²) in [6.07, 6.45) is 9.13. The first-order valence-electron chi connectivity index (χ1n) is 14.8. The van der Waals surface area contributed by atoms with E-state index in [0.717, 1.165) is 63.5 Å². The summed E-state index contributed by atoms with van der Waals surface area (Å²) in [5.41, 5.74) is 3.72. The molecule has 4 bridgehead atoms. The summed E-state index contributed by atoms with van der Waals surface area (Å²) in [5.74, 6) is 2.22. The van der Waals surface area contributed by atoms with E-state index >= 15 is 0 Å². The third-order valence-corrected chi connectivity index (χ3v) is 8.77. The van der Waals surface area contributed by atoms with Crippen LogP contribution in [0.3, 0.4) is 0 Å². The molecule has 3 atom stereocenters. The summed E-state index contributed by atoms with van der Waals surface area (Å²) in [6.45, 7) is 5.24. The molecule has 3 aliphatic heterocycles. The van der Waals surface area contributed by atoms with Crippen LogP contribution in [0.25, 0.3) is 0 Å². The number of amides is 1. The zero-order valence-electron chi connectivity index (χ0n) is 23.5. The van der Waals surface area contributed by atoms with E-state index in [9.17, 15) is 4.79 Å². The number of nitrogens with zero attached hydrogens (tertiary/aromatic N) is 4. The molecule has 0 radical (unpaired) electrons. The van der Waals surface area contributed by atoms with Crippen LogP contribution in [0.15, 0.2) is 60.9 Å². The van der Waals surface area contributed by atoms with Gasteiger partial charge in [-0.15, -0.1) is 0 Å². The van der Waals surface area contributed by atoms with E-state index in [4.69, 9.17) is 9.47 Å². The van der Waals surface area contributed by atoms with Crippen molar-refractivity contribution in [3.05, 3.63) is 77.6 Å². The maximum Gasteiger partial charge on any atom is 0.234 e. The molecule has 3 aromatic rings. The number of rotatable bonds is 5. The Labute approximate surface area is 237 Å². The lowest BCUT2D eigenvalue weighted by Gasteiger charge is -2.25. The summed E-state index contributed by atoms with van der Waals surface area (Å²) in [6, 6.07) is 17.9. The quantitative estimate of drug-likeness (QED) is 0.519. The predicted octanol–water partition coefficient (Wildman–Crippen LogP) is 4.26. The Kier molecular flexibility index (Phi) is 8.35. The SMILES string of the molecule is COc1ccc2cc1OCCCCN(Cc1ccc(Cn3cccn3)cc1)CC(=O)NC[C@H]1C[C@H]2N2CCC[C@@H]12. The van der Waals surface area contributed by atoms with Gasteiger partial charge in [-0.3, -0.25) is 19.3 Å².